The minimum Gasteiger partial charge on any atom is -0.273 e. The zero-order chi connectivity index (χ0) is 17.8. The second-order valence-electron chi connectivity index (χ2n) is 5.64. The van der Waals surface area contributed by atoms with Crippen LogP contribution in [0.5, 0.6) is 0 Å². The molecule has 2 aromatic carbocycles. The summed E-state index contributed by atoms with van der Waals surface area (Å²) in [4.78, 5) is 4.38. The zero-order valence-corrected chi connectivity index (χ0v) is 15.4. The van der Waals surface area contributed by atoms with Gasteiger partial charge in [-0.2, -0.15) is 0 Å². The number of pyridine rings is 1. The fourth-order valence-electron chi connectivity index (χ4n) is 2.61. The quantitative estimate of drug-likeness (QED) is 0.487. The topological polar surface area (TPSA) is 43.6 Å². The highest BCUT2D eigenvalue weighted by atomic mass is 35.5. The van der Waals surface area contributed by atoms with Crippen LogP contribution in [0.15, 0.2) is 89.2 Å². The Hall–Kier alpha value is -2.63. The first kappa shape index (κ1) is 16.8. The lowest BCUT2D eigenvalue weighted by Gasteiger charge is -2.10. The maximum atomic E-state index is 6.06. The third-order valence-electron chi connectivity index (χ3n) is 3.82. The Morgan fingerprint density at radius 1 is 0.846 bits per heavy atom. The van der Waals surface area contributed by atoms with Gasteiger partial charge in [0, 0.05) is 23.3 Å². The number of aromatic nitrogens is 4. The first-order valence-electron chi connectivity index (χ1n) is 8.12. The number of benzene rings is 2. The van der Waals surface area contributed by atoms with Crippen LogP contribution >= 0.6 is 23.4 Å². The summed E-state index contributed by atoms with van der Waals surface area (Å²) < 4.78 is 2.06. The minimum absolute atomic E-state index is 0.694. The molecule has 6 heteroatoms. The van der Waals surface area contributed by atoms with Gasteiger partial charge in [-0.3, -0.25) is 4.57 Å². The lowest BCUT2D eigenvalue weighted by molar-refractivity contribution is 0.846. The fourth-order valence-corrected chi connectivity index (χ4v) is 3.57. The van der Waals surface area contributed by atoms with Crippen molar-refractivity contribution in [1.29, 1.82) is 0 Å². The number of nitrogens with zero attached hydrogens (tertiary/aromatic N) is 4. The monoisotopic (exact) mass is 378 g/mol. The summed E-state index contributed by atoms with van der Waals surface area (Å²) >= 11 is 7.55. The lowest BCUT2D eigenvalue weighted by Crippen LogP contribution is -2.03. The van der Waals surface area contributed by atoms with Crippen LogP contribution in [0, 0.1) is 0 Å². The maximum absolute atomic E-state index is 6.06. The highest BCUT2D eigenvalue weighted by Crippen LogP contribution is 2.28. The van der Waals surface area contributed by atoms with Crippen LogP contribution in [0.2, 0.25) is 5.02 Å². The molecule has 26 heavy (non-hydrogen) atoms. The number of hydrogen-bond acceptors (Lipinski definition) is 4. The van der Waals surface area contributed by atoms with Crippen LogP contribution in [0.25, 0.3) is 5.69 Å². The number of hydrogen-bond donors (Lipinski definition) is 0. The summed E-state index contributed by atoms with van der Waals surface area (Å²) in [5.41, 5.74) is 2.16. The molecule has 0 aliphatic rings. The third kappa shape index (κ3) is 3.79. The van der Waals surface area contributed by atoms with E-state index in [1.807, 2.05) is 60.7 Å². The second kappa shape index (κ2) is 7.72. The van der Waals surface area contributed by atoms with Gasteiger partial charge in [0.05, 0.1) is 0 Å². The molecule has 0 N–H and O–H groups in total. The van der Waals surface area contributed by atoms with E-state index in [9.17, 15) is 0 Å². The molecule has 4 rings (SSSR count). The van der Waals surface area contributed by atoms with Gasteiger partial charge in [-0.05, 0) is 53.7 Å². The summed E-state index contributed by atoms with van der Waals surface area (Å²) in [5.74, 6) is 0.872. The summed E-state index contributed by atoms with van der Waals surface area (Å²) in [6.07, 6.45) is 2.47. The van der Waals surface area contributed by atoms with E-state index in [1.54, 1.807) is 6.20 Å². The highest BCUT2D eigenvalue weighted by molar-refractivity contribution is 7.99. The van der Waals surface area contributed by atoms with Crippen molar-refractivity contribution < 1.29 is 0 Å². The minimum atomic E-state index is 0.694. The van der Waals surface area contributed by atoms with Crippen molar-refractivity contribution in [3.05, 3.63) is 95.4 Å². The van der Waals surface area contributed by atoms with E-state index in [-0.39, 0.29) is 0 Å². The van der Waals surface area contributed by atoms with Gasteiger partial charge < -0.3 is 0 Å². The Morgan fingerprint density at radius 3 is 2.35 bits per heavy atom. The van der Waals surface area contributed by atoms with Gasteiger partial charge in [-0.25, -0.2) is 4.98 Å². The van der Waals surface area contributed by atoms with Gasteiger partial charge in [0.1, 0.15) is 10.9 Å². The molecule has 0 atom stereocenters. The Morgan fingerprint density at radius 2 is 1.62 bits per heavy atom. The molecule has 0 amide bonds. The summed E-state index contributed by atoms with van der Waals surface area (Å²) in [7, 11) is 0. The van der Waals surface area contributed by atoms with Crippen LogP contribution < -0.4 is 0 Å². The standard InChI is InChI=1S/C20H15ClN4S/c21-16-9-11-17(12-10-16)25-18(14-15-6-2-1-3-7-15)23-24-20(25)26-19-8-4-5-13-22-19/h1-13H,14H2. The van der Waals surface area contributed by atoms with Crippen molar-refractivity contribution >= 4 is 23.4 Å². The molecular formula is C20H15ClN4S. The molecule has 0 fully saturated rings. The summed E-state index contributed by atoms with van der Waals surface area (Å²) in [6.45, 7) is 0. The van der Waals surface area contributed by atoms with E-state index in [1.165, 1.54) is 17.3 Å². The highest BCUT2D eigenvalue weighted by Gasteiger charge is 2.16. The van der Waals surface area contributed by atoms with Gasteiger partial charge in [0.25, 0.3) is 0 Å². The van der Waals surface area contributed by atoms with Crippen LogP contribution in [-0.2, 0) is 6.42 Å². The van der Waals surface area contributed by atoms with Gasteiger partial charge in [-0.1, -0.05) is 48.0 Å². The molecule has 0 aliphatic carbocycles. The second-order valence-corrected chi connectivity index (χ2v) is 7.07. The van der Waals surface area contributed by atoms with Gasteiger partial charge in [0.2, 0.25) is 5.16 Å². The van der Waals surface area contributed by atoms with Crippen LogP contribution in [-0.4, -0.2) is 19.7 Å². The predicted octanol–water partition coefficient (Wildman–Crippen LogP) is 5.06. The molecule has 0 radical (unpaired) electrons. The molecular weight excluding hydrogens is 364 g/mol. The van der Waals surface area contributed by atoms with E-state index >= 15 is 0 Å². The first-order valence-corrected chi connectivity index (χ1v) is 9.32. The Labute approximate surface area is 160 Å². The van der Waals surface area contributed by atoms with Crippen molar-refractivity contribution in [3.8, 4) is 5.69 Å². The largest absolute Gasteiger partial charge is 0.273 e. The molecule has 0 spiro atoms. The van der Waals surface area contributed by atoms with Crippen molar-refractivity contribution in [2.45, 2.75) is 16.6 Å². The van der Waals surface area contributed by atoms with Gasteiger partial charge in [-0.15, -0.1) is 10.2 Å². The van der Waals surface area contributed by atoms with E-state index < -0.39 is 0 Å². The Balaban J connectivity index is 1.75. The molecule has 2 heterocycles. The Kier molecular flexibility index (Phi) is 5.00. The lowest BCUT2D eigenvalue weighted by atomic mass is 10.1. The van der Waals surface area contributed by atoms with Crippen LogP contribution in [0.3, 0.4) is 0 Å². The van der Waals surface area contributed by atoms with Gasteiger partial charge in [0.15, 0.2) is 0 Å². The third-order valence-corrected chi connectivity index (χ3v) is 4.97. The molecule has 0 saturated carbocycles. The van der Waals surface area contributed by atoms with Crippen LogP contribution in [0.4, 0.5) is 0 Å². The SMILES string of the molecule is Clc1ccc(-n2c(Cc3ccccc3)nnc2Sc2ccccn2)cc1. The molecule has 4 aromatic rings. The van der Waals surface area contributed by atoms with E-state index in [0.29, 0.717) is 11.4 Å². The maximum Gasteiger partial charge on any atom is 0.202 e. The summed E-state index contributed by atoms with van der Waals surface area (Å²) in [5, 5.41) is 11.2. The summed E-state index contributed by atoms with van der Waals surface area (Å²) in [6, 6.07) is 23.8. The molecule has 0 saturated heterocycles. The van der Waals surface area contributed by atoms with Gasteiger partial charge >= 0.3 is 0 Å². The number of halogens is 1. The van der Waals surface area contributed by atoms with Crippen molar-refractivity contribution in [1.82, 2.24) is 19.7 Å². The smallest absolute Gasteiger partial charge is 0.202 e. The van der Waals surface area contributed by atoms with Crippen LogP contribution in [0.1, 0.15) is 11.4 Å². The zero-order valence-electron chi connectivity index (χ0n) is 13.8. The van der Waals surface area contributed by atoms with E-state index in [4.69, 9.17) is 11.6 Å². The normalized spacial score (nSPS) is 10.8. The molecule has 2 aromatic heterocycles. The predicted molar refractivity (Wildman–Crippen MR) is 104 cm³/mol. The van der Waals surface area contributed by atoms with E-state index in [2.05, 4.69) is 31.9 Å². The van der Waals surface area contributed by atoms with Crippen molar-refractivity contribution in [2.24, 2.45) is 0 Å². The average molecular weight is 379 g/mol. The molecule has 4 nitrogen and oxygen atoms in total. The molecule has 0 aliphatic heterocycles. The fraction of sp³-hybridized carbons (Fsp3) is 0.0500. The number of rotatable bonds is 5. The van der Waals surface area contributed by atoms with E-state index in [0.717, 1.165) is 21.7 Å². The Bertz CT molecular complexity index is 927. The van der Waals surface area contributed by atoms with Crippen molar-refractivity contribution in [2.75, 3.05) is 0 Å². The van der Waals surface area contributed by atoms with Crippen molar-refractivity contribution in [3.63, 3.8) is 0 Å². The molecule has 128 valence electrons. The molecule has 0 unspecified atom stereocenters. The molecule has 0 bridgehead atoms. The average Bonchev–Trinajstić information content (AvgIpc) is 3.06. The first-order chi connectivity index (χ1) is 12.8.